The van der Waals surface area contributed by atoms with Gasteiger partial charge in [0.05, 0.1) is 5.56 Å². The summed E-state index contributed by atoms with van der Waals surface area (Å²) in [5.74, 6) is -0.189. The Balaban J connectivity index is 1.86. The minimum absolute atomic E-state index is 0.0508. The number of halogens is 3. The van der Waals surface area contributed by atoms with Gasteiger partial charge in [0.15, 0.2) is 11.2 Å². The van der Waals surface area contributed by atoms with Crippen molar-refractivity contribution in [3.05, 3.63) is 77.7 Å². The third-order valence-electron chi connectivity index (χ3n) is 4.47. The summed E-state index contributed by atoms with van der Waals surface area (Å²) < 4.78 is 0.837. The van der Waals surface area contributed by atoms with Crippen molar-refractivity contribution >= 4 is 62.0 Å². The first-order valence-corrected chi connectivity index (χ1v) is 9.62. The SMILES string of the molecule is O=C1CC(c2ccc(Cl)cc2Cl)Cc2sc3ccc(Cl)cc3c(=O)c21. The van der Waals surface area contributed by atoms with Gasteiger partial charge in [-0.2, -0.15) is 0 Å². The maximum absolute atomic E-state index is 12.8. The zero-order chi connectivity index (χ0) is 17.7. The molecule has 0 bridgehead atoms. The van der Waals surface area contributed by atoms with Crippen LogP contribution >= 0.6 is 46.1 Å². The first-order chi connectivity index (χ1) is 11.9. The van der Waals surface area contributed by atoms with Gasteiger partial charge in [-0.25, -0.2) is 0 Å². The number of ketones is 1. The van der Waals surface area contributed by atoms with E-state index in [2.05, 4.69) is 0 Å². The van der Waals surface area contributed by atoms with E-state index in [1.54, 1.807) is 24.3 Å². The van der Waals surface area contributed by atoms with Gasteiger partial charge in [-0.3, -0.25) is 9.59 Å². The van der Waals surface area contributed by atoms with E-state index in [1.807, 2.05) is 12.1 Å². The molecule has 126 valence electrons. The Morgan fingerprint density at radius 3 is 2.40 bits per heavy atom. The highest BCUT2D eigenvalue weighted by atomic mass is 35.5. The lowest BCUT2D eigenvalue weighted by atomic mass is 9.83. The molecule has 0 saturated heterocycles. The lowest BCUT2D eigenvalue weighted by Gasteiger charge is -2.24. The zero-order valence-corrected chi connectivity index (χ0v) is 15.9. The predicted molar refractivity (Wildman–Crippen MR) is 105 cm³/mol. The lowest BCUT2D eigenvalue weighted by Crippen LogP contribution is -2.25. The average Bonchev–Trinajstić information content (AvgIpc) is 2.55. The molecule has 1 heterocycles. The van der Waals surface area contributed by atoms with E-state index >= 15 is 0 Å². The van der Waals surface area contributed by atoms with Gasteiger partial charge in [-0.1, -0.05) is 40.9 Å². The number of hydrogen-bond donors (Lipinski definition) is 0. The molecule has 0 fully saturated rings. The Bertz CT molecular complexity index is 1090. The molecule has 0 spiro atoms. The molecule has 0 saturated carbocycles. The average molecular weight is 410 g/mol. The largest absolute Gasteiger partial charge is 0.294 e. The maximum atomic E-state index is 12.8. The van der Waals surface area contributed by atoms with Gasteiger partial charge in [0, 0.05) is 36.5 Å². The van der Waals surface area contributed by atoms with Crippen LogP contribution in [0.25, 0.3) is 10.1 Å². The summed E-state index contributed by atoms with van der Waals surface area (Å²) in [5, 5.41) is 2.11. The van der Waals surface area contributed by atoms with E-state index in [1.165, 1.54) is 11.3 Å². The third-order valence-corrected chi connectivity index (χ3v) is 6.46. The molecule has 0 aliphatic heterocycles. The van der Waals surface area contributed by atoms with E-state index in [9.17, 15) is 9.59 Å². The second-order valence-corrected chi connectivity index (χ2v) is 8.48. The molecule has 3 aromatic rings. The highest BCUT2D eigenvalue weighted by molar-refractivity contribution is 7.18. The number of fused-ring (bicyclic) bond motifs is 2. The van der Waals surface area contributed by atoms with Crippen molar-refractivity contribution in [1.29, 1.82) is 0 Å². The second-order valence-electron chi connectivity index (χ2n) is 6.06. The summed E-state index contributed by atoms with van der Waals surface area (Å²) in [6.07, 6.45) is 0.878. The summed E-state index contributed by atoms with van der Waals surface area (Å²) in [4.78, 5) is 26.3. The van der Waals surface area contributed by atoms with Gasteiger partial charge in [0.25, 0.3) is 0 Å². The van der Waals surface area contributed by atoms with Gasteiger partial charge in [0.2, 0.25) is 0 Å². The first-order valence-electron chi connectivity index (χ1n) is 7.67. The van der Waals surface area contributed by atoms with Crippen LogP contribution in [-0.4, -0.2) is 5.78 Å². The third kappa shape index (κ3) is 3.00. The summed E-state index contributed by atoms with van der Waals surface area (Å²) in [7, 11) is 0. The molecular weight excluding hydrogens is 399 g/mol. The van der Waals surface area contributed by atoms with Crippen LogP contribution in [0.1, 0.15) is 33.1 Å². The fourth-order valence-electron chi connectivity index (χ4n) is 3.31. The van der Waals surface area contributed by atoms with Crippen LogP contribution in [0.4, 0.5) is 0 Å². The van der Waals surface area contributed by atoms with Crippen molar-refractivity contribution in [2.75, 3.05) is 0 Å². The van der Waals surface area contributed by atoms with E-state index in [4.69, 9.17) is 34.8 Å². The molecule has 0 N–H and O–H groups in total. The highest BCUT2D eigenvalue weighted by Crippen LogP contribution is 2.38. The smallest absolute Gasteiger partial charge is 0.199 e. The van der Waals surface area contributed by atoms with Crippen molar-refractivity contribution < 1.29 is 4.79 Å². The molecule has 1 aliphatic rings. The van der Waals surface area contributed by atoms with Crippen molar-refractivity contribution in [3.8, 4) is 0 Å². The Kier molecular flexibility index (Phi) is 4.37. The van der Waals surface area contributed by atoms with Crippen LogP contribution in [0.5, 0.6) is 0 Å². The van der Waals surface area contributed by atoms with Gasteiger partial charge in [0.1, 0.15) is 0 Å². The van der Waals surface area contributed by atoms with Crippen molar-refractivity contribution in [2.24, 2.45) is 0 Å². The highest BCUT2D eigenvalue weighted by Gasteiger charge is 2.31. The molecule has 4 rings (SSSR count). The van der Waals surface area contributed by atoms with E-state index in [0.29, 0.717) is 32.4 Å². The second kappa shape index (κ2) is 6.40. The van der Waals surface area contributed by atoms with Crippen molar-refractivity contribution in [3.63, 3.8) is 0 Å². The molecule has 0 radical (unpaired) electrons. The molecular formula is C19H11Cl3O2S. The maximum Gasteiger partial charge on any atom is 0.199 e. The molecule has 2 nitrogen and oxygen atoms in total. The standard InChI is InChI=1S/C19H11Cl3O2S/c20-10-2-4-16-13(7-10)19(24)18-15(23)5-9(6-17(18)25-16)12-3-1-11(21)8-14(12)22/h1-4,7-9H,5-6H2. The minimum atomic E-state index is -0.225. The Morgan fingerprint density at radius 1 is 0.920 bits per heavy atom. The Hall–Kier alpha value is -1.39. The molecule has 1 aromatic heterocycles. The molecule has 1 unspecified atom stereocenters. The van der Waals surface area contributed by atoms with Crippen molar-refractivity contribution in [2.45, 2.75) is 18.8 Å². The molecule has 1 atom stereocenters. The van der Waals surface area contributed by atoms with E-state index < -0.39 is 0 Å². The van der Waals surface area contributed by atoms with E-state index in [0.717, 1.165) is 15.1 Å². The summed E-state index contributed by atoms with van der Waals surface area (Å²) >= 11 is 19.7. The number of carbonyl (C=O) groups excluding carboxylic acids is 1. The van der Waals surface area contributed by atoms with Crippen LogP contribution in [0, 0.1) is 0 Å². The van der Waals surface area contributed by atoms with Crippen molar-refractivity contribution in [1.82, 2.24) is 0 Å². The molecule has 25 heavy (non-hydrogen) atoms. The minimum Gasteiger partial charge on any atom is -0.294 e. The normalized spacial score (nSPS) is 16.9. The summed E-state index contributed by atoms with van der Waals surface area (Å²) in [6, 6.07) is 10.5. The number of Topliss-reactive ketones (excluding diaryl/α,β-unsaturated/α-hetero) is 1. The fraction of sp³-hybridized carbons (Fsp3) is 0.158. The number of benzene rings is 2. The zero-order valence-electron chi connectivity index (χ0n) is 12.8. The topological polar surface area (TPSA) is 34.1 Å². The summed E-state index contributed by atoms with van der Waals surface area (Å²) in [5.41, 5.74) is 0.971. The van der Waals surface area contributed by atoms with Gasteiger partial charge >= 0.3 is 0 Å². The molecule has 6 heteroatoms. The predicted octanol–water partition coefficient (Wildman–Crippen LogP) is 6.13. The van der Waals surface area contributed by atoms with E-state index in [-0.39, 0.29) is 23.6 Å². The molecule has 1 aliphatic carbocycles. The quantitative estimate of drug-likeness (QED) is 0.484. The Labute approximate surface area is 163 Å². The van der Waals surface area contributed by atoms with Crippen LogP contribution in [0.2, 0.25) is 15.1 Å². The monoisotopic (exact) mass is 408 g/mol. The first kappa shape index (κ1) is 17.0. The molecule has 2 aromatic carbocycles. The van der Waals surface area contributed by atoms with Gasteiger partial charge in [-0.05, 0) is 48.2 Å². The summed E-state index contributed by atoms with van der Waals surface area (Å²) in [6.45, 7) is 0. The number of rotatable bonds is 1. The number of carbonyl (C=O) groups is 1. The van der Waals surface area contributed by atoms with Gasteiger partial charge in [-0.15, -0.1) is 11.3 Å². The lowest BCUT2D eigenvalue weighted by molar-refractivity contribution is 0.0964. The van der Waals surface area contributed by atoms with Crippen LogP contribution < -0.4 is 5.43 Å². The van der Waals surface area contributed by atoms with Crippen LogP contribution in [-0.2, 0) is 6.42 Å². The van der Waals surface area contributed by atoms with Crippen LogP contribution in [0.3, 0.4) is 0 Å². The number of hydrogen-bond acceptors (Lipinski definition) is 3. The fourth-order valence-corrected chi connectivity index (χ4v) is 5.31. The Morgan fingerprint density at radius 2 is 1.64 bits per heavy atom. The molecule has 0 amide bonds. The van der Waals surface area contributed by atoms with Crippen LogP contribution in [0.15, 0.2) is 41.2 Å². The van der Waals surface area contributed by atoms with Gasteiger partial charge < -0.3 is 0 Å².